The summed E-state index contributed by atoms with van der Waals surface area (Å²) in [4.78, 5) is 0.721. The van der Waals surface area contributed by atoms with Crippen LogP contribution in [0.3, 0.4) is 0 Å². The Morgan fingerprint density at radius 2 is 2.07 bits per heavy atom. The Balaban J connectivity index is 2.40. The molecule has 1 aromatic rings. The molecule has 0 fully saturated rings. The molecular weight excluding hydrogens is 208 g/mol. The van der Waals surface area contributed by atoms with E-state index in [-0.39, 0.29) is 0 Å². The third-order valence-electron chi connectivity index (χ3n) is 1.96. The van der Waals surface area contributed by atoms with Gasteiger partial charge in [-0.25, -0.2) is 4.21 Å². The molecule has 0 heterocycles. The molecule has 0 aliphatic rings. The molecule has 0 saturated carbocycles. The molecular formula is C12H16O2S. The van der Waals surface area contributed by atoms with Crippen molar-refractivity contribution in [1.82, 2.24) is 0 Å². The highest BCUT2D eigenvalue weighted by Crippen LogP contribution is 2.09. The quantitative estimate of drug-likeness (QED) is 0.548. The summed E-state index contributed by atoms with van der Waals surface area (Å²) in [5, 5.41) is 0. The van der Waals surface area contributed by atoms with Crippen molar-refractivity contribution in [2.45, 2.75) is 24.7 Å². The van der Waals surface area contributed by atoms with Crippen molar-refractivity contribution in [3.8, 4) is 0 Å². The minimum Gasteiger partial charge on any atom is -0.287 e. The summed E-state index contributed by atoms with van der Waals surface area (Å²) in [6.45, 7) is 6.12. The average Bonchev–Trinajstić information content (AvgIpc) is 2.25. The van der Waals surface area contributed by atoms with Gasteiger partial charge in [-0.3, -0.25) is 4.18 Å². The average molecular weight is 224 g/mol. The van der Waals surface area contributed by atoms with Gasteiger partial charge in [0.2, 0.25) is 0 Å². The van der Waals surface area contributed by atoms with Gasteiger partial charge in [-0.15, -0.1) is 6.58 Å². The van der Waals surface area contributed by atoms with Crippen molar-refractivity contribution >= 4 is 11.1 Å². The molecule has 0 radical (unpaired) electrons. The monoisotopic (exact) mass is 224 g/mol. The van der Waals surface area contributed by atoms with Gasteiger partial charge in [-0.1, -0.05) is 23.8 Å². The molecule has 3 heteroatoms. The molecule has 0 saturated heterocycles. The second-order valence-electron chi connectivity index (χ2n) is 3.30. The molecule has 0 aromatic heterocycles. The first-order valence-corrected chi connectivity index (χ1v) is 6.04. The summed E-state index contributed by atoms with van der Waals surface area (Å²) in [7, 11) is 0. The van der Waals surface area contributed by atoms with Crippen molar-refractivity contribution < 1.29 is 8.39 Å². The Labute approximate surface area is 93.6 Å². The number of allylic oxidation sites excluding steroid dienone is 1. The SMILES string of the molecule is C=CCCCOS(=O)c1ccc(C)cc1. The van der Waals surface area contributed by atoms with Crippen LogP contribution < -0.4 is 0 Å². The molecule has 1 atom stereocenters. The third kappa shape index (κ3) is 4.40. The van der Waals surface area contributed by atoms with Crippen LogP contribution in [0, 0.1) is 6.92 Å². The van der Waals surface area contributed by atoms with Gasteiger partial charge < -0.3 is 0 Å². The predicted molar refractivity (Wildman–Crippen MR) is 63.0 cm³/mol. The number of hydrogen-bond acceptors (Lipinski definition) is 2. The van der Waals surface area contributed by atoms with E-state index in [2.05, 4.69) is 6.58 Å². The molecule has 0 bridgehead atoms. The van der Waals surface area contributed by atoms with Gasteiger partial charge in [0.15, 0.2) is 11.1 Å². The van der Waals surface area contributed by atoms with Crippen LogP contribution in [0.4, 0.5) is 0 Å². The van der Waals surface area contributed by atoms with Gasteiger partial charge in [-0.05, 0) is 31.9 Å². The molecule has 15 heavy (non-hydrogen) atoms. The minimum absolute atomic E-state index is 0.506. The first-order chi connectivity index (χ1) is 7.24. The van der Waals surface area contributed by atoms with Crippen LogP contribution in [0.5, 0.6) is 0 Å². The second kappa shape index (κ2) is 6.53. The number of aryl methyl sites for hydroxylation is 1. The smallest absolute Gasteiger partial charge is 0.189 e. The van der Waals surface area contributed by atoms with Gasteiger partial charge in [0.05, 0.1) is 11.5 Å². The van der Waals surface area contributed by atoms with Gasteiger partial charge in [0.1, 0.15) is 0 Å². The fourth-order valence-corrected chi connectivity index (χ4v) is 1.84. The Hall–Kier alpha value is -0.930. The Bertz CT molecular complexity index is 330. The van der Waals surface area contributed by atoms with Crippen LogP contribution in [0.2, 0.25) is 0 Å². The number of unbranched alkanes of at least 4 members (excludes halogenated alkanes) is 1. The summed E-state index contributed by atoms with van der Waals surface area (Å²) >= 11 is -1.33. The van der Waals surface area contributed by atoms with E-state index in [1.165, 1.54) is 0 Å². The lowest BCUT2D eigenvalue weighted by Gasteiger charge is -2.02. The van der Waals surface area contributed by atoms with E-state index >= 15 is 0 Å². The predicted octanol–water partition coefficient (Wildman–Crippen LogP) is 3.00. The molecule has 1 unspecified atom stereocenters. The van der Waals surface area contributed by atoms with Gasteiger partial charge in [0.25, 0.3) is 0 Å². The lowest BCUT2D eigenvalue weighted by Crippen LogP contribution is -1.99. The normalized spacial score (nSPS) is 12.3. The molecule has 0 aliphatic carbocycles. The first kappa shape index (κ1) is 12.1. The van der Waals surface area contributed by atoms with Gasteiger partial charge in [-0.2, -0.15) is 0 Å². The Kier molecular flexibility index (Phi) is 5.29. The summed E-state index contributed by atoms with van der Waals surface area (Å²) in [6.07, 6.45) is 3.59. The lowest BCUT2D eigenvalue weighted by molar-refractivity contribution is 0.341. The fraction of sp³-hybridized carbons (Fsp3) is 0.333. The van der Waals surface area contributed by atoms with Gasteiger partial charge in [0, 0.05) is 0 Å². The van der Waals surface area contributed by atoms with Crippen molar-refractivity contribution in [3.63, 3.8) is 0 Å². The van der Waals surface area contributed by atoms with Gasteiger partial charge >= 0.3 is 0 Å². The Morgan fingerprint density at radius 3 is 2.67 bits per heavy atom. The zero-order chi connectivity index (χ0) is 11.1. The lowest BCUT2D eigenvalue weighted by atomic mass is 10.2. The minimum atomic E-state index is -1.33. The summed E-state index contributed by atoms with van der Waals surface area (Å²) < 4.78 is 16.8. The van der Waals surface area contributed by atoms with Crippen molar-refractivity contribution in [1.29, 1.82) is 0 Å². The van der Waals surface area contributed by atoms with Crippen LogP contribution in [0.25, 0.3) is 0 Å². The van der Waals surface area contributed by atoms with E-state index in [1.54, 1.807) is 0 Å². The number of rotatable bonds is 6. The van der Waals surface area contributed by atoms with E-state index in [0.29, 0.717) is 6.61 Å². The Morgan fingerprint density at radius 1 is 1.40 bits per heavy atom. The maximum absolute atomic E-state index is 11.6. The van der Waals surface area contributed by atoms with Crippen LogP contribution in [-0.2, 0) is 15.3 Å². The van der Waals surface area contributed by atoms with Crippen LogP contribution in [0.1, 0.15) is 18.4 Å². The number of benzene rings is 1. The van der Waals surface area contributed by atoms with Crippen LogP contribution >= 0.6 is 0 Å². The van der Waals surface area contributed by atoms with E-state index < -0.39 is 11.1 Å². The molecule has 82 valence electrons. The fourth-order valence-electron chi connectivity index (χ4n) is 1.08. The van der Waals surface area contributed by atoms with Crippen molar-refractivity contribution in [3.05, 3.63) is 42.5 Å². The number of hydrogen-bond donors (Lipinski definition) is 0. The van der Waals surface area contributed by atoms with E-state index in [4.69, 9.17) is 4.18 Å². The van der Waals surface area contributed by atoms with E-state index in [1.807, 2.05) is 37.3 Å². The van der Waals surface area contributed by atoms with Crippen LogP contribution in [-0.4, -0.2) is 10.8 Å². The highest BCUT2D eigenvalue weighted by molar-refractivity contribution is 7.80. The zero-order valence-electron chi connectivity index (χ0n) is 8.94. The van der Waals surface area contributed by atoms with Crippen LogP contribution in [0.15, 0.2) is 41.8 Å². The molecule has 0 spiro atoms. The second-order valence-corrected chi connectivity index (χ2v) is 4.48. The maximum Gasteiger partial charge on any atom is 0.189 e. The summed E-state index contributed by atoms with van der Waals surface area (Å²) in [5.41, 5.74) is 1.16. The first-order valence-electron chi connectivity index (χ1n) is 4.96. The van der Waals surface area contributed by atoms with E-state index in [9.17, 15) is 4.21 Å². The maximum atomic E-state index is 11.6. The van der Waals surface area contributed by atoms with Crippen molar-refractivity contribution in [2.24, 2.45) is 0 Å². The molecule has 0 N–H and O–H groups in total. The summed E-state index contributed by atoms with van der Waals surface area (Å²) in [5.74, 6) is 0. The highest BCUT2D eigenvalue weighted by Gasteiger charge is 2.02. The molecule has 0 amide bonds. The molecule has 2 nitrogen and oxygen atoms in total. The van der Waals surface area contributed by atoms with Crippen molar-refractivity contribution in [2.75, 3.05) is 6.61 Å². The molecule has 0 aliphatic heterocycles. The van der Waals surface area contributed by atoms with E-state index in [0.717, 1.165) is 23.3 Å². The molecule has 1 rings (SSSR count). The zero-order valence-corrected chi connectivity index (χ0v) is 9.76. The molecule has 1 aromatic carbocycles. The standard InChI is InChI=1S/C12H16O2S/c1-3-4-5-10-14-15(13)12-8-6-11(2)7-9-12/h3,6-9H,1,4-5,10H2,2H3. The topological polar surface area (TPSA) is 26.3 Å². The third-order valence-corrected chi connectivity index (χ3v) is 2.99. The largest absolute Gasteiger partial charge is 0.287 e. The summed E-state index contributed by atoms with van der Waals surface area (Å²) in [6, 6.07) is 7.53. The highest BCUT2D eigenvalue weighted by atomic mass is 32.2.